The Morgan fingerprint density at radius 1 is 1.50 bits per heavy atom. The highest BCUT2D eigenvalue weighted by molar-refractivity contribution is 6.23. The molecule has 0 aliphatic carbocycles. The maximum Gasteiger partial charge on any atom is 0.327 e. The molecule has 1 saturated heterocycles. The standard InChI is InChI=1S/C13H11ClFN3O2/c1-17-12(19)5-11(14)18(13(17)20)7-9-4-10(15)3-2-8(9)6-16/h2-4,11H,5,7H2,1H3. The molecule has 0 bridgehead atoms. The average Bonchev–Trinajstić information content (AvgIpc) is 2.41. The Balaban J connectivity index is 2.30. The van der Waals surface area contributed by atoms with E-state index in [2.05, 4.69) is 0 Å². The maximum atomic E-state index is 13.3. The molecule has 1 unspecified atom stereocenters. The SMILES string of the molecule is CN1C(=O)CC(Cl)N(Cc2cc(F)ccc2C#N)C1=O. The molecule has 2 rings (SSSR count). The van der Waals surface area contributed by atoms with Crippen molar-refractivity contribution >= 4 is 23.5 Å². The van der Waals surface area contributed by atoms with E-state index in [4.69, 9.17) is 16.9 Å². The van der Waals surface area contributed by atoms with Crippen LogP contribution in [0.3, 0.4) is 0 Å². The van der Waals surface area contributed by atoms with E-state index in [0.717, 1.165) is 4.90 Å². The number of alkyl halides is 1. The van der Waals surface area contributed by atoms with Gasteiger partial charge < -0.3 is 4.90 Å². The van der Waals surface area contributed by atoms with Crippen molar-refractivity contribution in [2.75, 3.05) is 7.05 Å². The fraction of sp³-hybridized carbons (Fsp3) is 0.308. The molecule has 7 heteroatoms. The Hall–Kier alpha value is -2.13. The number of imide groups is 1. The number of benzene rings is 1. The Kier molecular flexibility index (Phi) is 3.91. The minimum atomic E-state index is -0.805. The predicted octanol–water partition coefficient (Wildman–Crippen LogP) is 2.05. The highest BCUT2D eigenvalue weighted by atomic mass is 35.5. The van der Waals surface area contributed by atoms with Crippen molar-refractivity contribution in [3.8, 4) is 6.07 Å². The van der Waals surface area contributed by atoms with Crippen LogP contribution in [0.15, 0.2) is 18.2 Å². The third-order valence-electron chi connectivity index (χ3n) is 3.12. The van der Waals surface area contributed by atoms with Gasteiger partial charge in [0.15, 0.2) is 0 Å². The Morgan fingerprint density at radius 3 is 2.85 bits per heavy atom. The third kappa shape index (κ3) is 2.58. The summed E-state index contributed by atoms with van der Waals surface area (Å²) in [5.74, 6) is -0.870. The van der Waals surface area contributed by atoms with Crippen LogP contribution >= 0.6 is 11.6 Å². The van der Waals surface area contributed by atoms with Gasteiger partial charge in [0.1, 0.15) is 11.3 Å². The fourth-order valence-electron chi connectivity index (χ4n) is 1.96. The van der Waals surface area contributed by atoms with Crippen LogP contribution in [0.4, 0.5) is 9.18 Å². The second-order valence-corrected chi connectivity index (χ2v) is 4.92. The first kappa shape index (κ1) is 14.3. The largest absolute Gasteiger partial charge is 0.327 e. The molecule has 5 nitrogen and oxygen atoms in total. The molecule has 0 spiro atoms. The first-order valence-electron chi connectivity index (χ1n) is 5.83. The molecule has 104 valence electrons. The average molecular weight is 296 g/mol. The summed E-state index contributed by atoms with van der Waals surface area (Å²) in [7, 11) is 1.36. The van der Waals surface area contributed by atoms with Crippen molar-refractivity contribution in [3.63, 3.8) is 0 Å². The van der Waals surface area contributed by atoms with Crippen molar-refractivity contribution in [3.05, 3.63) is 35.1 Å². The first-order chi connectivity index (χ1) is 9.43. The number of amides is 3. The van der Waals surface area contributed by atoms with Crippen LogP contribution in [-0.4, -0.2) is 34.3 Å². The van der Waals surface area contributed by atoms with Gasteiger partial charge in [-0.15, -0.1) is 0 Å². The molecule has 1 aliphatic heterocycles. The molecular weight excluding hydrogens is 285 g/mol. The lowest BCUT2D eigenvalue weighted by Gasteiger charge is -2.35. The van der Waals surface area contributed by atoms with Gasteiger partial charge in [0.05, 0.1) is 24.6 Å². The van der Waals surface area contributed by atoms with E-state index in [0.29, 0.717) is 5.56 Å². The third-order valence-corrected chi connectivity index (χ3v) is 3.51. The van der Waals surface area contributed by atoms with E-state index in [1.165, 1.54) is 30.1 Å². The number of nitriles is 1. The molecule has 1 fully saturated rings. The molecule has 1 heterocycles. The van der Waals surface area contributed by atoms with Crippen molar-refractivity contribution in [1.29, 1.82) is 5.26 Å². The van der Waals surface area contributed by atoms with E-state index < -0.39 is 17.3 Å². The van der Waals surface area contributed by atoms with Crippen molar-refractivity contribution in [1.82, 2.24) is 9.80 Å². The smallest absolute Gasteiger partial charge is 0.303 e. The van der Waals surface area contributed by atoms with Crippen LogP contribution in [0.25, 0.3) is 0 Å². The Morgan fingerprint density at radius 2 is 2.20 bits per heavy atom. The normalized spacial score (nSPS) is 19.2. The monoisotopic (exact) mass is 295 g/mol. The second kappa shape index (κ2) is 5.47. The predicted molar refractivity (Wildman–Crippen MR) is 69.1 cm³/mol. The van der Waals surface area contributed by atoms with Crippen LogP contribution < -0.4 is 0 Å². The number of carbonyl (C=O) groups excluding carboxylic acids is 2. The number of nitrogens with zero attached hydrogens (tertiary/aromatic N) is 3. The highest BCUT2D eigenvalue weighted by Crippen LogP contribution is 2.23. The Labute approximate surface area is 120 Å². The second-order valence-electron chi connectivity index (χ2n) is 4.42. The maximum absolute atomic E-state index is 13.3. The number of halogens is 2. The molecule has 0 N–H and O–H groups in total. The topological polar surface area (TPSA) is 64.4 Å². The van der Waals surface area contributed by atoms with Crippen LogP contribution in [0.5, 0.6) is 0 Å². The molecule has 1 aromatic rings. The number of carbonyl (C=O) groups is 2. The first-order valence-corrected chi connectivity index (χ1v) is 6.27. The van der Waals surface area contributed by atoms with Gasteiger partial charge in [0.2, 0.25) is 5.91 Å². The number of hydrogen-bond acceptors (Lipinski definition) is 3. The summed E-state index contributed by atoms with van der Waals surface area (Å²) in [6.07, 6.45) is -0.0129. The molecule has 0 aromatic heterocycles. The summed E-state index contributed by atoms with van der Waals surface area (Å²) in [6, 6.07) is 5.08. The van der Waals surface area contributed by atoms with Gasteiger partial charge in [-0.2, -0.15) is 5.26 Å². The van der Waals surface area contributed by atoms with Crippen molar-refractivity contribution in [2.45, 2.75) is 18.5 Å². The number of hydrogen-bond donors (Lipinski definition) is 0. The van der Waals surface area contributed by atoms with Crippen molar-refractivity contribution < 1.29 is 14.0 Å². The highest BCUT2D eigenvalue weighted by Gasteiger charge is 2.35. The molecular formula is C13H11ClFN3O2. The molecule has 1 atom stereocenters. The molecule has 3 amide bonds. The summed E-state index contributed by atoms with van der Waals surface area (Å²) in [6.45, 7) is -0.0225. The molecule has 0 saturated carbocycles. The van der Waals surface area contributed by atoms with Gasteiger partial charge in [0.25, 0.3) is 0 Å². The fourth-order valence-corrected chi connectivity index (χ4v) is 2.25. The van der Waals surface area contributed by atoms with Gasteiger partial charge in [0, 0.05) is 7.05 Å². The summed E-state index contributed by atoms with van der Waals surface area (Å²) in [4.78, 5) is 25.7. The Bertz CT molecular complexity index is 614. The molecule has 1 aliphatic rings. The zero-order valence-corrected chi connectivity index (χ0v) is 11.4. The van der Waals surface area contributed by atoms with Gasteiger partial charge in [-0.1, -0.05) is 11.6 Å². The molecule has 20 heavy (non-hydrogen) atoms. The van der Waals surface area contributed by atoms with E-state index >= 15 is 0 Å². The van der Waals surface area contributed by atoms with Gasteiger partial charge in [-0.05, 0) is 23.8 Å². The minimum Gasteiger partial charge on any atom is -0.303 e. The zero-order valence-electron chi connectivity index (χ0n) is 10.6. The summed E-state index contributed by atoms with van der Waals surface area (Å²) in [5.41, 5.74) is -0.183. The van der Waals surface area contributed by atoms with Crippen LogP contribution in [0.2, 0.25) is 0 Å². The minimum absolute atomic E-state index is 0.0129. The summed E-state index contributed by atoms with van der Waals surface area (Å²) < 4.78 is 13.3. The molecule has 0 radical (unpaired) electrons. The van der Waals surface area contributed by atoms with Gasteiger partial charge >= 0.3 is 6.03 Å². The number of rotatable bonds is 2. The van der Waals surface area contributed by atoms with Crippen LogP contribution in [-0.2, 0) is 11.3 Å². The van der Waals surface area contributed by atoms with E-state index in [9.17, 15) is 14.0 Å². The summed E-state index contributed by atoms with van der Waals surface area (Å²) >= 11 is 6.00. The molecule has 1 aromatic carbocycles. The van der Waals surface area contributed by atoms with E-state index in [1.807, 2.05) is 6.07 Å². The van der Waals surface area contributed by atoms with Gasteiger partial charge in [-0.25, -0.2) is 9.18 Å². The lowest BCUT2D eigenvalue weighted by atomic mass is 10.1. The lowest BCUT2D eigenvalue weighted by Crippen LogP contribution is -2.53. The van der Waals surface area contributed by atoms with E-state index in [-0.39, 0.29) is 24.4 Å². The van der Waals surface area contributed by atoms with Crippen LogP contribution in [0, 0.1) is 17.1 Å². The van der Waals surface area contributed by atoms with E-state index in [1.54, 1.807) is 0 Å². The summed E-state index contributed by atoms with van der Waals surface area (Å²) in [5, 5.41) is 8.99. The van der Waals surface area contributed by atoms with Gasteiger partial charge in [-0.3, -0.25) is 9.69 Å². The van der Waals surface area contributed by atoms with Crippen molar-refractivity contribution in [2.24, 2.45) is 0 Å². The van der Waals surface area contributed by atoms with Crippen LogP contribution in [0.1, 0.15) is 17.5 Å². The zero-order chi connectivity index (χ0) is 14.9. The lowest BCUT2D eigenvalue weighted by molar-refractivity contribution is -0.130. The quantitative estimate of drug-likeness (QED) is 0.619. The number of urea groups is 1.